The van der Waals surface area contributed by atoms with Gasteiger partial charge in [-0.1, -0.05) is 12.1 Å². The molecule has 0 radical (unpaired) electrons. The minimum absolute atomic E-state index is 0.0496. The number of benzene rings is 1. The largest absolute Gasteiger partial charge is 0.459 e. The highest BCUT2D eigenvalue weighted by Gasteiger charge is 2.38. The predicted molar refractivity (Wildman–Crippen MR) is 85.8 cm³/mol. The van der Waals surface area contributed by atoms with Crippen LogP contribution in [0.3, 0.4) is 0 Å². The quantitative estimate of drug-likeness (QED) is 0.807. The van der Waals surface area contributed by atoms with Crippen molar-refractivity contribution in [1.29, 1.82) is 0 Å². The highest BCUT2D eigenvalue weighted by Crippen LogP contribution is 2.31. The van der Waals surface area contributed by atoms with Gasteiger partial charge in [0.25, 0.3) is 0 Å². The number of halogens is 1. The molecule has 1 aromatic carbocycles. The van der Waals surface area contributed by atoms with Crippen LogP contribution in [0.25, 0.3) is 0 Å². The average Bonchev–Trinajstić information content (AvgIpc) is 3.12. The van der Waals surface area contributed by atoms with Crippen molar-refractivity contribution in [2.24, 2.45) is 5.92 Å². The van der Waals surface area contributed by atoms with Crippen molar-refractivity contribution in [2.75, 3.05) is 19.6 Å². The SMILES string of the molecule is O=C(OC1CN2CCC1CC2)C(c1ccc(F)cc1)n1ccnc1. The summed E-state index contributed by atoms with van der Waals surface area (Å²) in [5.41, 5.74) is 0.695. The summed E-state index contributed by atoms with van der Waals surface area (Å²) in [5, 5.41) is 0. The number of aromatic nitrogens is 2. The molecule has 6 heteroatoms. The van der Waals surface area contributed by atoms with Gasteiger partial charge in [0.2, 0.25) is 0 Å². The first-order valence-corrected chi connectivity index (χ1v) is 8.36. The molecule has 0 amide bonds. The fourth-order valence-electron chi connectivity index (χ4n) is 3.76. The molecule has 0 spiro atoms. The van der Waals surface area contributed by atoms with Crippen molar-refractivity contribution in [2.45, 2.75) is 25.0 Å². The molecule has 0 saturated carbocycles. The molecule has 2 unspecified atom stereocenters. The summed E-state index contributed by atoms with van der Waals surface area (Å²) in [7, 11) is 0. The molecule has 1 aromatic heterocycles. The third-order valence-corrected chi connectivity index (χ3v) is 5.10. The lowest BCUT2D eigenvalue weighted by atomic mass is 9.86. The summed E-state index contributed by atoms with van der Waals surface area (Å²) in [5.74, 6) is -0.178. The van der Waals surface area contributed by atoms with E-state index in [0.29, 0.717) is 11.5 Å². The first kappa shape index (κ1) is 15.3. The van der Waals surface area contributed by atoms with E-state index in [9.17, 15) is 9.18 Å². The molecular formula is C18H20FN3O2. The Morgan fingerprint density at radius 2 is 2.00 bits per heavy atom. The van der Waals surface area contributed by atoms with Crippen LogP contribution in [-0.2, 0) is 9.53 Å². The maximum atomic E-state index is 13.2. The number of ether oxygens (including phenoxy) is 1. The second-order valence-electron chi connectivity index (χ2n) is 6.58. The van der Waals surface area contributed by atoms with Crippen molar-refractivity contribution in [1.82, 2.24) is 14.5 Å². The van der Waals surface area contributed by atoms with Crippen molar-refractivity contribution in [3.8, 4) is 0 Å². The van der Waals surface area contributed by atoms with Gasteiger partial charge in [-0.3, -0.25) is 4.90 Å². The Balaban J connectivity index is 1.57. The fraction of sp³-hybridized carbons (Fsp3) is 0.444. The van der Waals surface area contributed by atoms with Gasteiger partial charge in [0.1, 0.15) is 11.9 Å². The lowest BCUT2D eigenvalue weighted by Gasteiger charge is -2.44. The molecule has 0 N–H and O–H groups in total. The number of carbonyl (C=O) groups excluding carboxylic acids is 1. The number of esters is 1. The Morgan fingerprint density at radius 1 is 1.25 bits per heavy atom. The number of hydrogen-bond donors (Lipinski definition) is 0. The van der Waals surface area contributed by atoms with Crippen molar-refractivity contribution in [3.63, 3.8) is 0 Å². The number of piperidine rings is 3. The van der Waals surface area contributed by atoms with Gasteiger partial charge in [-0.2, -0.15) is 0 Å². The number of nitrogens with zero attached hydrogens (tertiary/aromatic N) is 3. The van der Waals surface area contributed by atoms with Crippen LogP contribution in [0.1, 0.15) is 24.4 Å². The van der Waals surface area contributed by atoms with Gasteiger partial charge in [0.15, 0.2) is 6.04 Å². The number of rotatable bonds is 4. The normalized spacial score (nSPS) is 27.0. The van der Waals surface area contributed by atoms with Crippen LogP contribution in [0.2, 0.25) is 0 Å². The zero-order chi connectivity index (χ0) is 16.5. The van der Waals surface area contributed by atoms with Gasteiger partial charge < -0.3 is 9.30 Å². The van der Waals surface area contributed by atoms with Crippen LogP contribution in [0.15, 0.2) is 43.0 Å². The predicted octanol–water partition coefficient (Wildman–Crippen LogP) is 2.25. The summed E-state index contributed by atoms with van der Waals surface area (Å²) >= 11 is 0. The molecule has 4 heterocycles. The number of fused-ring (bicyclic) bond motifs is 3. The molecule has 3 aliphatic rings. The Bertz CT molecular complexity index is 694. The molecule has 5 rings (SSSR count). The fourth-order valence-corrected chi connectivity index (χ4v) is 3.76. The van der Waals surface area contributed by atoms with Crippen LogP contribution in [0, 0.1) is 11.7 Å². The first-order chi connectivity index (χ1) is 11.7. The molecule has 24 heavy (non-hydrogen) atoms. The molecule has 2 aromatic rings. The van der Waals surface area contributed by atoms with E-state index in [0.717, 1.165) is 32.5 Å². The minimum Gasteiger partial charge on any atom is -0.459 e. The van der Waals surface area contributed by atoms with Crippen molar-refractivity contribution in [3.05, 3.63) is 54.4 Å². The summed E-state index contributed by atoms with van der Waals surface area (Å²) in [6.07, 6.45) is 7.07. The third-order valence-electron chi connectivity index (χ3n) is 5.10. The molecule has 126 valence electrons. The van der Waals surface area contributed by atoms with Crippen LogP contribution >= 0.6 is 0 Å². The van der Waals surface area contributed by atoms with E-state index >= 15 is 0 Å². The standard InChI is InChI=1S/C18H20FN3O2/c19-15-3-1-14(2-4-15)17(22-10-7-20-12-22)18(23)24-16-11-21-8-5-13(16)6-9-21/h1-4,7,10,12-13,16-17H,5-6,8-9,11H2. The van der Waals surface area contributed by atoms with E-state index in [2.05, 4.69) is 9.88 Å². The van der Waals surface area contributed by atoms with Gasteiger partial charge in [0, 0.05) is 18.9 Å². The number of carbonyl (C=O) groups is 1. The highest BCUT2D eigenvalue weighted by atomic mass is 19.1. The second kappa shape index (κ2) is 6.36. The van der Waals surface area contributed by atoms with Gasteiger partial charge in [-0.25, -0.2) is 14.2 Å². The van der Waals surface area contributed by atoms with Crippen LogP contribution in [-0.4, -0.2) is 46.2 Å². The number of hydrogen-bond acceptors (Lipinski definition) is 4. The number of imidazole rings is 1. The minimum atomic E-state index is -0.636. The first-order valence-electron chi connectivity index (χ1n) is 8.36. The van der Waals surface area contributed by atoms with Gasteiger partial charge >= 0.3 is 5.97 Å². The second-order valence-corrected chi connectivity index (χ2v) is 6.58. The molecule has 2 bridgehead atoms. The molecule has 0 aliphatic carbocycles. The van der Waals surface area contributed by atoms with Gasteiger partial charge in [0.05, 0.1) is 6.33 Å². The maximum Gasteiger partial charge on any atom is 0.334 e. The van der Waals surface area contributed by atoms with Gasteiger partial charge in [-0.05, 0) is 49.5 Å². The Morgan fingerprint density at radius 3 is 2.58 bits per heavy atom. The average molecular weight is 329 g/mol. The van der Waals surface area contributed by atoms with E-state index in [1.807, 2.05) is 0 Å². The smallest absolute Gasteiger partial charge is 0.334 e. The lowest BCUT2D eigenvalue weighted by Crippen LogP contribution is -2.52. The van der Waals surface area contributed by atoms with E-state index < -0.39 is 6.04 Å². The molecular weight excluding hydrogens is 309 g/mol. The van der Waals surface area contributed by atoms with Crippen LogP contribution in [0.4, 0.5) is 4.39 Å². The maximum absolute atomic E-state index is 13.2. The molecule has 3 aliphatic heterocycles. The monoisotopic (exact) mass is 329 g/mol. The summed E-state index contributed by atoms with van der Waals surface area (Å²) in [6, 6.07) is 5.33. The van der Waals surface area contributed by atoms with Crippen LogP contribution in [0.5, 0.6) is 0 Å². The Labute approximate surface area is 140 Å². The van der Waals surface area contributed by atoms with Crippen molar-refractivity contribution < 1.29 is 13.9 Å². The lowest BCUT2D eigenvalue weighted by molar-refractivity contribution is -0.161. The zero-order valence-electron chi connectivity index (χ0n) is 13.3. The summed E-state index contributed by atoms with van der Waals surface area (Å²) in [6.45, 7) is 3.01. The topological polar surface area (TPSA) is 47.4 Å². The third kappa shape index (κ3) is 2.94. The van der Waals surface area contributed by atoms with Crippen LogP contribution < -0.4 is 0 Å². The van der Waals surface area contributed by atoms with E-state index in [4.69, 9.17) is 4.74 Å². The Kier molecular flexibility index (Phi) is 4.06. The van der Waals surface area contributed by atoms with E-state index in [-0.39, 0.29) is 17.9 Å². The van der Waals surface area contributed by atoms with E-state index in [1.165, 1.54) is 12.1 Å². The van der Waals surface area contributed by atoms with Crippen molar-refractivity contribution >= 4 is 5.97 Å². The molecule has 3 fully saturated rings. The zero-order valence-corrected chi connectivity index (χ0v) is 13.3. The molecule has 5 nitrogen and oxygen atoms in total. The summed E-state index contributed by atoms with van der Waals surface area (Å²) < 4.78 is 20.8. The summed E-state index contributed by atoms with van der Waals surface area (Å²) in [4.78, 5) is 19.3. The van der Waals surface area contributed by atoms with Gasteiger partial charge in [-0.15, -0.1) is 0 Å². The van der Waals surface area contributed by atoms with E-state index in [1.54, 1.807) is 35.4 Å². The molecule has 3 saturated heterocycles. The highest BCUT2D eigenvalue weighted by molar-refractivity contribution is 5.78. The molecule has 2 atom stereocenters. The Hall–Kier alpha value is -2.21.